The third kappa shape index (κ3) is 4.21. The molecule has 1 atom stereocenters. The van der Waals surface area contributed by atoms with E-state index in [9.17, 15) is 8.42 Å². The van der Waals surface area contributed by atoms with Crippen LogP contribution in [0.25, 0.3) is 0 Å². The highest BCUT2D eigenvalue weighted by atomic mass is 32.2. The Hall–Kier alpha value is -1.07. The molecule has 0 aliphatic rings. The summed E-state index contributed by atoms with van der Waals surface area (Å²) in [6.45, 7) is 7.97. The van der Waals surface area contributed by atoms with Crippen LogP contribution in [0.1, 0.15) is 52.0 Å². The lowest BCUT2D eigenvalue weighted by Gasteiger charge is -2.17. The van der Waals surface area contributed by atoms with Gasteiger partial charge in [-0.25, -0.2) is 13.1 Å². The molecule has 0 saturated carbocycles. The molecule has 1 rings (SSSR count). The van der Waals surface area contributed by atoms with E-state index in [1.165, 1.54) is 7.11 Å². The van der Waals surface area contributed by atoms with Crippen molar-refractivity contribution in [1.29, 1.82) is 0 Å². The lowest BCUT2D eigenvalue weighted by Crippen LogP contribution is -2.32. The Labute approximate surface area is 122 Å². The molecule has 0 saturated heterocycles. The van der Waals surface area contributed by atoms with Crippen LogP contribution in [0, 0.1) is 0 Å². The largest absolute Gasteiger partial charge is 0.495 e. The van der Waals surface area contributed by atoms with Crippen LogP contribution in [-0.2, 0) is 10.0 Å². The molecule has 0 spiro atoms. The smallest absolute Gasteiger partial charge is 0.244 e. The predicted molar refractivity (Wildman–Crippen MR) is 81.8 cm³/mol. The van der Waals surface area contributed by atoms with Crippen LogP contribution in [0.15, 0.2) is 23.1 Å². The Morgan fingerprint density at radius 2 is 1.90 bits per heavy atom. The maximum Gasteiger partial charge on any atom is 0.244 e. The van der Waals surface area contributed by atoms with Gasteiger partial charge in [0.25, 0.3) is 0 Å². The molecule has 5 heteroatoms. The Bertz CT molecular complexity index is 538. The first-order valence-corrected chi connectivity index (χ1v) is 8.50. The summed E-state index contributed by atoms with van der Waals surface area (Å²) in [6.07, 6.45) is 1.75. The molecule has 4 nitrogen and oxygen atoms in total. The molecule has 1 aromatic rings. The van der Waals surface area contributed by atoms with Crippen LogP contribution in [-0.4, -0.2) is 21.6 Å². The van der Waals surface area contributed by atoms with E-state index in [0.717, 1.165) is 18.4 Å². The molecule has 0 amide bonds. The number of nitrogens with one attached hydrogen (secondary N) is 1. The summed E-state index contributed by atoms with van der Waals surface area (Å²) in [5, 5.41) is 0. The lowest BCUT2D eigenvalue weighted by molar-refractivity contribution is 0.401. The number of ether oxygens (including phenoxy) is 1. The second-order valence-electron chi connectivity index (χ2n) is 5.38. The van der Waals surface area contributed by atoms with Gasteiger partial charge in [-0.3, -0.25) is 0 Å². The van der Waals surface area contributed by atoms with Crippen molar-refractivity contribution in [1.82, 2.24) is 4.72 Å². The summed E-state index contributed by atoms with van der Waals surface area (Å²) in [5.41, 5.74) is 0.981. The van der Waals surface area contributed by atoms with E-state index >= 15 is 0 Å². The fourth-order valence-electron chi connectivity index (χ4n) is 2.08. The SMILES string of the molecule is CCC[C@H](C)NS(=O)(=O)c1cc(C(C)C)ccc1OC. The number of benzene rings is 1. The standard InChI is InChI=1S/C15H25NO3S/c1-6-7-12(4)16-20(17,18)15-10-13(11(2)3)8-9-14(15)19-5/h8-12,16H,6-7H2,1-5H3/t12-/m0/s1. The summed E-state index contributed by atoms with van der Waals surface area (Å²) in [5.74, 6) is 0.647. The Kier molecular flexibility index (Phi) is 6.02. The molecular weight excluding hydrogens is 274 g/mol. The number of hydrogen-bond acceptors (Lipinski definition) is 3. The van der Waals surface area contributed by atoms with Crippen molar-refractivity contribution in [3.05, 3.63) is 23.8 Å². The molecular formula is C15H25NO3S. The minimum atomic E-state index is -3.56. The summed E-state index contributed by atoms with van der Waals surface area (Å²) in [4.78, 5) is 0.217. The summed E-state index contributed by atoms with van der Waals surface area (Å²) < 4.78 is 32.9. The average molecular weight is 299 g/mol. The predicted octanol–water partition coefficient (Wildman–Crippen LogP) is 3.29. The van der Waals surface area contributed by atoms with Crippen molar-refractivity contribution in [2.24, 2.45) is 0 Å². The molecule has 0 heterocycles. The minimum absolute atomic E-state index is 0.0857. The Balaban J connectivity index is 3.18. The van der Waals surface area contributed by atoms with Crippen LogP contribution in [0.4, 0.5) is 0 Å². The van der Waals surface area contributed by atoms with Gasteiger partial charge < -0.3 is 4.74 Å². The van der Waals surface area contributed by atoms with Gasteiger partial charge in [-0.2, -0.15) is 0 Å². The van der Waals surface area contributed by atoms with Gasteiger partial charge in [-0.05, 0) is 37.0 Å². The van der Waals surface area contributed by atoms with Gasteiger partial charge in [0, 0.05) is 6.04 Å². The molecule has 1 aromatic carbocycles. The number of sulfonamides is 1. The Morgan fingerprint density at radius 1 is 1.25 bits per heavy atom. The van der Waals surface area contributed by atoms with E-state index in [0.29, 0.717) is 5.75 Å². The zero-order valence-corrected chi connectivity index (χ0v) is 13.8. The molecule has 0 aliphatic heterocycles. The van der Waals surface area contributed by atoms with E-state index in [-0.39, 0.29) is 16.9 Å². The molecule has 0 fully saturated rings. The third-order valence-electron chi connectivity index (χ3n) is 3.22. The third-order valence-corrected chi connectivity index (χ3v) is 4.83. The quantitative estimate of drug-likeness (QED) is 0.840. The lowest BCUT2D eigenvalue weighted by atomic mass is 10.0. The highest BCUT2D eigenvalue weighted by molar-refractivity contribution is 7.89. The fraction of sp³-hybridized carbons (Fsp3) is 0.600. The highest BCUT2D eigenvalue weighted by Crippen LogP contribution is 2.28. The summed E-state index contributed by atoms with van der Waals surface area (Å²) in [7, 11) is -2.07. The highest BCUT2D eigenvalue weighted by Gasteiger charge is 2.22. The fourth-order valence-corrected chi connectivity index (χ4v) is 3.56. The molecule has 0 aliphatic carbocycles. The topological polar surface area (TPSA) is 55.4 Å². The van der Waals surface area contributed by atoms with Gasteiger partial charge in [0.05, 0.1) is 7.11 Å². The monoisotopic (exact) mass is 299 g/mol. The maximum absolute atomic E-state index is 12.5. The first kappa shape index (κ1) is 17.0. The van der Waals surface area contributed by atoms with Crippen LogP contribution >= 0.6 is 0 Å². The van der Waals surface area contributed by atoms with Crippen molar-refractivity contribution < 1.29 is 13.2 Å². The Morgan fingerprint density at radius 3 is 2.40 bits per heavy atom. The van der Waals surface area contributed by atoms with Gasteiger partial charge >= 0.3 is 0 Å². The van der Waals surface area contributed by atoms with Crippen LogP contribution in [0.5, 0.6) is 5.75 Å². The zero-order chi connectivity index (χ0) is 15.3. The van der Waals surface area contributed by atoms with Crippen molar-refractivity contribution >= 4 is 10.0 Å². The van der Waals surface area contributed by atoms with E-state index < -0.39 is 10.0 Å². The van der Waals surface area contributed by atoms with Gasteiger partial charge in [0.1, 0.15) is 10.6 Å². The molecule has 0 aromatic heterocycles. The van der Waals surface area contributed by atoms with Crippen LogP contribution in [0.2, 0.25) is 0 Å². The number of rotatable bonds is 7. The molecule has 114 valence electrons. The van der Waals surface area contributed by atoms with Crippen LogP contribution < -0.4 is 9.46 Å². The first-order valence-electron chi connectivity index (χ1n) is 7.02. The van der Waals surface area contributed by atoms with E-state index in [2.05, 4.69) is 4.72 Å². The zero-order valence-electron chi connectivity index (χ0n) is 12.9. The summed E-state index contributed by atoms with van der Waals surface area (Å²) >= 11 is 0. The molecule has 0 unspecified atom stereocenters. The van der Waals surface area contributed by atoms with Gasteiger partial charge in [-0.15, -0.1) is 0 Å². The normalized spacial score (nSPS) is 13.5. The van der Waals surface area contributed by atoms with Crippen molar-refractivity contribution in [3.63, 3.8) is 0 Å². The number of hydrogen-bond donors (Lipinski definition) is 1. The number of methoxy groups -OCH3 is 1. The van der Waals surface area contributed by atoms with Gasteiger partial charge in [0.15, 0.2) is 0 Å². The summed E-state index contributed by atoms with van der Waals surface area (Å²) in [6, 6.07) is 5.23. The van der Waals surface area contributed by atoms with E-state index in [4.69, 9.17) is 4.74 Å². The van der Waals surface area contributed by atoms with Crippen molar-refractivity contribution in [2.45, 2.75) is 57.4 Å². The first-order chi connectivity index (χ1) is 9.31. The molecule has 0 bridgehead atoms. The van der Waals surface area contributed by atoms with Gasteiger partial charge in [-0.1, -0.05) is 33.3 Å². The van der Waals surface area contributed by atoms with Crippen molar-refractivity contribution in [2.75, 3.05) is 7.11 Å². The van der Waals surface area contributed by atoms with Crippen LogP contribution in [0.3, 0.4) is 0 Å². The van der Waals surface area contributed by atoms with E-state index in [1.54, 1.807) is 12.1 Å². The molecule has 1 N–H and O–H groups in total. The van der Waals surface area contributed by atoms with E-state index in [1.807, 2.05) is 33.8 Å². The average Bonchev–Trinajstić information content (AvgIpc) is 2.37. The van der Waals surface area contributed by atoms with Gasteiger partial charge in [0.2, 0.25) is 10.0 Å². The molecule has 20 heavy (non-hydrogen) atoms. The minimum Gasteiger partial charge on any atom is -0.495 e. The second kappa shape index (κ2) is 7.09. The maximum atomic E-state index is 12.5. The molecule has 0 radical (unpaired) electrons. The van der Waals surface area contributed by atoms with Crippen molar-refractivity contribution in [3.8, 4) is 5.75 Å². The second-order valence-corrected chi connectivity index (χ2v) is 7.06.